The lowest BCUT2D eigenvalue weighted by Gasteiger charge is -2.39. The number of aromatic nitrogens is 1. The number of rotatable bonds is 2. The Morgan fingerprint density at radius 1 is 1.00 bits per heavy atom. The molecule has 4 heterocycles. The summed E-state index contributed by atoms with van der Waals surface area (Å²) in [5, 5.41) is 0. The first-order valence-corrected chi connectivity index (χ1v) is 11.5. The predicted molar refractivity (Wildman–Crippen MR) is 119 cm³/mol. The van der Waals surface area contributed by atoms with Crippen LogP contribution in [0.3, 0.4) is 0 Å². The largest absolute Gasteiger partial charge is 0.324 e. The van der Waals surface area contributed by atoms with Crippen molar-refractivity contribution in [1.29, 1.82) is 0 Å². The zero-order valence-electron chi connectivity index (χ0n) is 18.8. The summed E-state index contributed by atoms with van der Waals surface area (Å²) >= 11 is 0. The van der Waals surface area contributed by atoms with Crippen molar-refractivity contribution in [2.24, 2.45) is 5.41 Å². The van der Waals surface area contributed by atoms with Crippen LogP contribution in [0.25, 0.3) is 0 Å². The van der Waals surface area contributed by atoms with Gasteiger partial charge in [-0.25, -0.2) is 13.6 Å². The van der Waals surface area contributed by atoms with Gasteiger partial charge in [0.25, 0.3) is 0 Å². The second-order valence-electron chi connectivity index (χ2n) is 10.3. The van der Waals surface area contributed by atoms with Gasteiger partial charge in [-0.1, -0.05) is 19.9 Å². The van der Waals surface area contributed by atoms with Gasteiger partial charge in [0.1, 0.15) is 11.6 Å². The van der Waals surface area contributed by atoms with Crippen LogP contribution in [0.1, 0.15) is 44.4 Å². The minimum atomic E-state index is -0.480. The standard InChI is InChI=1S/C25H30F2N4O/c1-24(2)16-31(21-7-4-11-28-22(21)24)23(32)30-14-10-25(17-30)8-12-29(13-9-25)15-18-19(26)5-3-6-20(18)27/h3-7,11H,8-10,12-17H2,1-2H3. The Morgan fingerprint density at radius 2 is 1.69 bits per heavy atom. The van der Waals surface area contributed by atoms with Gasteiger partial charge in [0, 0.05) is 43.4 Å². The quantitative estimate of drug-likeness (QED) is 0.687. The number of likely N-dealkylation sites (tertiary alicyclic amines) is 2. The third-order valence-electron chi connectivity index (χ3n) is 7.57. The van der Waals surface area contributed by atoms with Crippen LogP contribution >= 0.6 is 0 Å². The molecule has 0 saturated carbocycles. The summed E-state index contributed by atoms with van der Waals surface area (Å²) in [5.74, 6) is -0.961. The summed E-state index contributed by atoms with van der Waals surface area (Å²) in [5.41, 5.74) is 2.00. The molecule has 2 amide bonds. The zero-order valence-corrected chi connectivity index (χ0v) is 18.8. The van der Waals surface area contributed by atoms with Crippen molar-refractivity contribution in [1.82, 2.24) is 14.8 Å². The number of piperidine rings is 1. The van der Waals surface area contributed by atoms with E-state index in [9.17, 15) is 13.6 Å². The molecule has 2 saturated heterocycles. The first-order valence-electron chi connectivity index (χ1n) is 11.5. The van der Waals surface area contributed by atoms with Gasteiger partial charge in [-0.2, -0.15) is 0 Å². The van der Waals surface area contributed by atoms with Crippen LogP contribution in [-0.2, 0) is 12.0 Å². The van der Waals surface area contributed by atoms with Crippen LogP contribution < -0.4 is 4.90 Å². The van der Waals surface area contributed by atoms with Gasteiger partial charge in [-0.15, -0.1) is 0 Å². The third-order valence-corrected chi connectivity index (χ3v) is 7.57. The molecule has 1 spiro atoms. The number of hydrogen-bond donors (Lipinski definition) is 0. The highest BCUT2D eigenvalue weighted by Crippen LogP contribution is 2.43. The average Bonchev–Trinajstić information content (AvgIpc) is 3.31. The van der Waals surface area contributed by atoms with Crippen molar-refractivity contribution in [2.45, 2.75) is 45.1 Å². The second-order valence-corrected chi connectivity index (χ2v) is 10.3. The molecule has 0 atom stereocenters. The Morgan fingerprint density at radius 3 is 2.41 bits per heavy atom. The van der Waals surface area contributed by atoms with Gasteiger partial charge in [0.05, 0.1) is 11.4 Å². The van der Waals surface area contributed by atoms with Crippen molar-refractivity contribution in [2.75, 3.05) is 37.6 Å². The lowest BCUT2D eigenvalue weighted by Crippen LogP contribution is -2.46. The van der Waals surface area contributed by atoms with Crippen molar-refractivity contribution < 1.29 is 13.6 Å². The third kappa shape index (κ3) is 3.66. The smallest absolute Gasteiger partial charge is 0.324 e. The molecule has 0 bridgehead atoms. The van der Waals surface area contributed by atoms with E-state index in [4.69, 9.17) is 0 Å². The number of halogens is 2. The van der Waals surface area contributed by atoms with Crippen LogP contribution in [-0.4, -0.2) is 53.5 Å². The summed E-state index contributed by atoms with van der Waals surface area (Å²) < 4.78 is 28.1. The molecule has 2 aromatic rings. The highest BCUT2D eigenvalue weighted by atomic mass is 19.1. The number of amides is 2. The molecule has 0 radical (unpaired) electrons. The summed E-state index contributed by atoms with van der Waals surface area (Å²) in [6, 6.07) is 7.98. The van der Waals surface area contributed by atoms with Gasteiger partial charge < -0.3 is 4.90 Å². The first-order chi connectivity index (χ1) is 15.3. The van der Waals surface area contributed by atoms with Crippen LogP contribution in [0, 0.1) is 17.0 Å². The number of urea groups is 1. The molecule has 1 aromatic carbocycles. The van der Waals surface area contributed by atoms with Gasteiger partial charge in [0.2, 0.25) is 0 Å². The molecule has 0 aliphatic carbocycles. The molecule has 3 aliphatic heterocycles. The van der Waals surface area contributed by atoms with Gasteiger partial charge in [0.15, 0.2) is 0 Å². The highest BCUT2D eigenvalue weighted by Gasteiger charge is 2.46. The minimum absolute atomic E-state index is 0.0672. The first kappa shape index (κ1) is 21.3. The van der Waals surface area contributed by atoms with Crippen molar-refractivity contribution in [3.05, 3.63) is 59.4 Å². The van der Waals surface area contributed by atoms with Crippen molar-refractivity contribution in [3.8, 4) is 0 Å². The predicted octanol–water partition coefficient (Wildman–Crippen LogP) is 4.57. The molecule has 0 unspecified atom stereocenters. The fourth-order valence-electron chi connectivity index (χ4n) is 5.63. The summed E-state index contributed by atoms with van der Waals surface area (Å²) in [6.07, 6.45) is 4.66. The molecule has 5 rings (SSSR count). The number of benzene rings is 1. The molecule has 170 valence electrons. The van der Waals surface area contributed by atoms with Gasteiger partial charge >= 0.3 is 6.03 Å². The van der Waals surface area contributed by atoms with Crippen LogP contribution in [0.2, 0.25) is 0 Å². The fourth-order valence-corrected chi connectivity index (χ4v) is 5.63. The Kier molecular flexibility index (Phi) is 5.19. The SMILES string of the molecule is CC1(C)CN(C(=O)N2CCC3(CCN(Cc4c(F)cccc4F)CC3)C2)c2cccnc21. The zero-order chi connectivity index (χ0) is 22.5. The molecule has 2 fully saturated rings. The molecule has 5 nitrogen and oxygen atoms in total. The molecular weight excluding hydrogens is 410 g/mol. The number of nitrogens with zero attached hydrogens (tertiary/aromatic N) is 4. The Balaban J connectivity index is 1.22. The van der Waals surface area contributed by atoms with Gasteiger partial charge in [-0.05, 0) is 62.0 Å². The van der Waals surface area contributed by atoms with E-state index in [1.807, 2.05) is 21.9 Å². The lowest BCUT2D eigenvalue weighted by molar-refractivity contribution is 0.104. The Bertz CT molecular complexity index is 1010. The maximum absolute atomic E-state index is 14.0. The number of carbonyl (C=O) groups is 1. The average molecular weight is 441 g/mol. The summed E-state index contributed by atoms with van der Waals surface area (Å²) in [7, 11) is 0. The van der Waals surface area contributed by atoms with E-state index in [1.165, 1.54) is 18.2 Å². The number of carbonyl (C=O) groups excluding carboxylic acids is 1. The fraction of sp³-hybridized carbons (Fsp3) is 0.520. The van der Waals surface area contributed by atoms with Crippen LogP contribution in [0.15, 0.2) is 36.5 Å². The van der Waals surface area contributed by atoms with Gasteiger partial charge in [-0.3, -0.25) is 14.8 Å². The molecule has 1 aromatic heterocycles. The van der Waals surface area contributed by atoms with Crippen LogP contribution in [0.4, 0.5) is 19.3 Å². The number of hydrogen-bond acceptors (Lipinski definition) is 3. The second kappa shape index (κ2) is 7.80. The van der Waals surface area contributed by atoms with E-state index in [2.05, 4.69) is 23.7 Å². The Labute approximate surface area is 188 Å². The van der Waals surface area contributed by atoms with E-state index in [-0.39, 0.29) is 22.4 Å². The normalized spacial score (nSPS) is 21.9. The Hall–Kier alpha value is -2.54. The van der Waals surface area contributed by atoms with E-state index in [0.717, 1.165) is 56.8 Å². The van der Waals surface area contributed by atoms with Crippen LogP contribution in [0.5, 0.6) is 0 Å². The maximum atomic E-state index is 14.0. The molecule has 32 heavy (non-hydrogen) atoms. The van der Waals surface area contributed by atoms with E-state index >= 15 is 0 Å². The summed E-state index contributed by atoms with van der Waals surface area (Å²) in [4.78, 5) is 24.0. The van der Waals surface area contributed by atoms with Crippen molar-refractivity contribution in [3.63, 3.8) is 0 Å². The molecule has 3 aliphatic rings. The number of fused-ring (bicyclic) bond motifs is 1. The minimum Gasteiger partial charge on any atom is -0.324 e. The molecule has 7 heteroatoms. The molecular formula is C25H30F2N4O. The maximum Gasteiger partial charge on any atom is 0.324 e. The topological polar surface area (TPSA) is 39.7 Å². The summed E-state index contributed by atoms with van der Waals surface area (Å²) in [6.45, 7) is 8.29. The number of anilines is 1. The van der Waals surface area contributed by atoms with E-state index in [1.54, 1.807) is 6.20 Å². The monoisotopic (exact) mass is 440 g/mol. The highest BCUT2D eigenvalue weighted by molar-refractivity contribution is 5.94. The van der Waals surface area contributed by atoms with Crippen molar-refractivity contribution >= 4 is 11.7 Å². The van der Waals surface area contributed by atoms with E-state index in [0.29, 0.717) is 13.1 Å². The van der Waals surface area contributed by atoms with E-state index < -0.39 is 11.6 Å². The number of pyridine rings is 1. The lowest BCUT2D eigenvalue weighted by atomic mass is 9.77. The molecule has 0 N–H and O–H groups in total.